The van der Waals surface area contributed by atoms with Gasteiger partial charge in [0.25, 0.3) is 11.8 Å². The van der Waals surface area contributed by atoms with Gasteiger partial charge in [0.05, 0.1) is 11.7 Å². The zero-order valence-corrected chi connectivity index (χ0v) is 19.6. The van der Waals surface area contributed by atoms with E-state index >= 15 is 0 Å². The third kappa shape index (κ3) is 4.19. The number of hydrogen-bond donors (Lipinski definition) is 2. The van der Waals surface area contributed by atoms with E-state index in [-0.39, 0.29) is 51.8 Å². The molecule has 1 aromatic rings. The van der Waals surface area contributed by atoms with Crippen molar-refractivity contribution in [1.82, 2.24) is 15.2 Å². The Morgan fingerprint density at radius 3 is 2.79 bits per heavy atom. The number of nitrogens with two attached hydrogens (primary N) is 1. The molecule has 2 amide bonds. The third-order valence-corrected chi connectivity index (χ3v) is 6.79. The molecule has 28 heavy (non-hydrogen) atoms. The molecule has 3 rings (SSSR count). The molecule has 2 aliphatic heterocycles. The van der Waals surface area contributed by atoms with Gasteiger partial charge in [0, 0.05) is 16.0 Å². The molecule has 1 unspecified atom stereocenters. The van der Waals surface area contributed by atoms with Crippen LogP contribution in [0.2, 0.25) is 0 Å². The van der Waals surface area contributed by atoms with Crippen LogP contribution in [-0.4, -0.2) is 63.9 Å². The zero-order valence-electron chi connectivity index (χ0n) is 15.1. The summed E-state index contributed by atoms with van der Waals surface area (Å²) in [6.07, 6.45) is 1.73. The van der Waals surface area contributed by atoms with Crippen LogP contribution < -0.4 is 45.7 Å². The van der Waals surface area contributed by atoms with E-state index in [9.17, 15) is 19.5 Å². The number of nitrogens with one attached hydrogen (secondary N) is 1. The Kier molecular flexibility index (Phi) is 7.81. The van der Waals surface area contributed by atoms with Crippen molar-refractivity contribution in [3.05, 3.63) is 21.7 Å². The molecule has 3 heterocycles. The third-order valence-electron chi connectivity index (χ3n) is 3.82. The molecular weight excluding hydrogens is 437 g/mol. The summed E-state index contributed by atoms with van der Waals surface area (Å²) in [6.45, 7) is 0. The molecule has 1 saturated heterocycles. The van der Waals surface area contributed by atoms with Crippen LogP contribution in [0, 0.1) is 0 Å². The largest absolute Gasteiger partial charge is 1.00 e. The number of fused-ring (bicyclic) bond motifs is 1. The molecule has 3 N–H and O–H groups in total. The minimum Gasteiger partial charge on any atom is -0.543 e. The Bertz CT molecular complexity index is 873. The number of thiazole rings is 1. The van der Waals surface area contributed by atoms with Crippen LogP contribution in [0.5, 0.6) is 0 Å². The van der Waals surface area contributed by atoms with Crippen LogP contribution in [-0.2, 0) is 19.2 Å². The Labute approximate surface area is 194 Å². The fraction of sp³-hybridized carbons (Fsp3) is 0.357. The number of β-lactam (4-membered cyclic amide) rings is 1. The molecule has 1 fully saturated rings. The number of aromatic nitrogens is 1. The quantitative estimate of drug-likeness (QED) is 0.190. The maximum Gasteiger partial charge on any atom is 1.00 e. The topological polar surface area (TPSA) is 150 Å². The van der Waals surface area contributed by atoms with Crippen LogP contribution in [0.4, 0.5) is 5.13 Å². The molecule has 2 aliphatic rings. The second kappa shape index (κ2) is 9.50. The van der Waals surface area contributed by atoms with Crippen molar-refractivity contribution in [3.63, 3.8) is 0 Å². The average Bonchev–Trinajstić information content (AvgIpc) is 3.08. The molecule has 2 atom stereocenters. The molecule has 0 aliphatic carbocycles. The van der Waals surface area contributed by atoms with Gasteiger partial charge in [0.15, 0.2) is 10.8 Å². The Hall–Kier alpha value is -1.25. The minimum absolute atomic E-state index is 0. The predicted octanol–water partition coefficient (Wildman–Crippen LogP) is -4.20. The number of carboxylic acids is 1. The second-order valence-corrected chi connectivity index (χ2v) is 8.21. The first kappa shape index (κ1) is 23.0. The van der Waals surface area contributed by atoms with Crippen molar-refractivity contribution in [3.8, 4) is 0 Å². The number of nitrogen functional groups attached to an aromatic ring is 1. The summed E-state index contributed by atoms with van der Waals surface area (Å²) in [7, 11) is 1.27. The average molecular weight is 451 g/mol. The van der Waals surface area contributed by atoms with Gasteiger partial charge in [-0.3, -0.25) is 14.5 Å². The number of amides is 2. The summed E-state index contributed by atoms with van der Waals surface area (Å²) in [4.78, 5) is 46.9. The van der Waals surface area contributed by atoms with E-state index in [0.29, 0.717) is 10.7 Å². The molecule has 0 radical (unpaired) electrons. The van der Waals surface area contributed by atoms with Gasteiger partial charge < -0.3 is 25.8 Å². The molecule has 144 valence electrons. The Morgan fingerprint density at radius 2 is 2.25 bits per heavy atom. The van der Waals surface area contributed by atoms with Gasteiger partial charge in [0.2, 0.25) is 0 Å². The molecule has 14 heteroatoms. The van der Waals surface area contributed by atoms with Gasteiger partial charge in [-0.15, -0.1) is 34.9 Å². The number of carbonyl (C=O) groups is 3. The Balaban J connectivity index is 0.00000280. The number of thioether (sulfide) groups is 2. The van der Waals surface area contributed by atoms with Crippen LogP contribution in [0.15, 0.2) is 21.1 Å². The molecule has 0 bridgehead atoms. The van der Waals surface area contributed by atoms with E-state index in [2.05, 4.69) is 20.3 Å². The molecule has 10 nitrogen and oxygen atoms in total. The molecular formula is C14H14N5NaO5S3. The van der Waals surface area contributed by atoms with E-state index in [1.54, 1.807) is 11.6 Å². The Morgan fingerprint density at radius 1 is 1.54 bits per heavy atom. The fourth-order valence-corrected chi connectivity index (χ4v) is 5.43. The smallest absolute Gasteiger partial charge is 0.543 e. The molecule has 1 aromatic heterocycles. The van der Waals surface area contributed by atoms with Crippen molar-refractivity contribution >= 4 is 63.5 Å². The van der Waals surface area contributed by atoms with Gasteiger partial charge in [-0.25, -0.2) is 4.98 Å². The minimum atomic E-state index is -1.41. The van der Waals surface area contributed by atoms with E-state index in [1.807, 2.05) is 0 Å². The number of aliphatic carboxylic acids is 1. The SMILES string of the molecule is CON=C(C(=O)NC1C(=O)N2C(C(=O)[O-])=C(SC)CS[C@@H]12)c1csc(N)n1.[Na+]. The summed E-state index contributed by atoms with van der Waals surface area (Å²) < 4.78 is 0. The second-order valence-electron chi connectivity index (χ2n) is 5.32. The maximum absolute atomic E-state index is 12.6. The number of nitrogens with zero attached hydrogens (tertiary/aromatic N) is 3. The number of oxime groups is 1. The number of anilines is 1. The maximum atomic E-state index is 12.6. The monoisotopic (exact) mass is 451 g/mol. The summed E-state index contributed by atoms with van der Waals surface area (Å²) >= 11 is 3.74. The summed E-state index contributed by atoms with van der Waals surface area (Å²) in [5.74, 6) is -2.20. The van der Waals surface area contributed by atoms with Crippen LogP contribution in [0.3, 0.4) is 0 Å². The summed E-state index contributed by atoms with van der Waals surface area (Å²) in [6, 6.07) is -0.890. The number of rotatable bonds is 6. The van der Waals surface area contributed by atoms with E-state index in [0.717, 1.165) is 16.2 Å². The zero-order chi connectivity index (χ0) is 19.7. The van der Waals surface area contributed by atoms with Gasteiger partial charge in [-0.2, -0.15) is 0 Å². The summed E-state index contributed by atoms with van der Waals surface area (Å²) in [5, 5.41) is 18.9. The summed E-state index contributed by atoms with van der Waals surface area (Å²) in [5.41, 5.74) is 5.53. The number of carboxylic acid groups (broad SMARTS) is 1. The normalized spacial score (nSPS) is 21.4. The van der Waals surface area contributed by atoms with Crippen molar-refractivity contribution < 1.29 is 53.9 Å². The van der Waals surface area contributed by atoms with Crippen LogP contribution >= 0.6 is 34.9 Å². The van der Waals surface area contributed by atoms with Gasteiger partial charge in [-0.1, -0.05) is 5.16 Å². The number of hydrogen-bond acceptors (Lipinski definition) is 11. The van der Waals surface area contributed by atoms with Crippen LogP contribution in [0.1, 0.15) is 5.69 Å². The first-order valence-corrected chi connectivity index (χ1v) is 10.6. The van der Waals surface area contributed by atoms with Crippen molar-refractivity contribution in [1.29, 1.82) is 0 Å². The van der Waals surface area contributed by atoms with E-state index in [4.69, 9.17) is 5.73 Å². The molecule has 0 spiro atoms. The fourth-order valence-electron chi connectivity index (χ4n) is 2.64. The predicted molar refractivity (Wildman–Crippen MR) is 101 cm³/mol. The number of carbonyl (C=O) groups excluding carboxylic acids is 3. The van der Waals surface area contributed by atoms with Crippen molar-refractivity contribution in [2.75, 3.05) is 24.9 Å². The first-order valence-electron chi connectivity index (χ1n) is 7.45. The standard InChI is InChI=1S/C14H15N5O5S3.Na/c1-24-18-7(5-3-27-14(15)16-5)10(20)17-8-11(21)19-9(13(22)23)6(25-2)4-26-12(8)19;/h3,8,12H,4H2,1-2H3,(H2,15,16)(H,17,20)(H,22,23);/q;+1/p-1/t8?,12-;/m0./s1. The van der Waals surface area contributed by atoms with Crippen LogP contribution in [0.25, 0.3) is 0 Å². The van der Waals surface area contributed by atoms with E-state index in [1.165, 1.54) is 30.6 Å². The molecule has 0 saturated carbocycles. The van der Waals surface area contributed by atoms with Crippen molar-refractivity contribution in [2.24, 2.45) is 5.16 Å². The molecule has 0 aromatic carbocycles. The van der Waals surface area contributed by atoms with Gasteiger partial charge in [0.1, 0.15) is 24.2 Å². The van der Waals surface area contributed by atoms with Gasteiger partial charge in [-0.05, 0) is 6.26 Å². The van der Waals surface area contributed by atoms with Crippen molar-refractivity contribution in [2.45, 2.75) is 11.4 Å². The first-order chi connectivity index (χ1) is 12.9. The van der Waals surface area contributed by atoms with Gasteiger partial charge >= 0.3 is 29.6 Å². The van der Waals surface area contributed by atoms with E-state index < -0.39 is 29.2 Å².